The van der Waals surface area contributed by atoms with Crippen LogP contribution in [0.4, 0.5) is 5.82 Å². The number of hydrogen-bond donors (Lipinski definition) is 0. The molecule has 0 N–H and O–H groups in total. The van der Waals surface area contributed by atoms with Gasteiger partial charge in [-0.05, 0) is 25.7 Å². The molecule has 4 rings (SSSR count). The molecule has 2 saturated heterocycles. The molecule has 2 aliphatic rings. The van der Waals surface area contributed by atoms with Crippen molar-refractivity contribution < 1.29 is 4.52 Å². The van der Waals surface area contributed by atoms with Gasteiger partial charge in [0.05, 0.1) is 6.54 Å². The number of anilines is 1. The van der Waals surface area contributed by atoms with E-state index in [1.807, 2.05) is 13.8 Å². The van der Waals surface area contributed by atoms with Crippen LogP contribution in [-0.4, -0.2) is 51.2 Å². The van der Waals surface area contributed by atoms with Gasteiger partial charge in [0.2, 0.25) is 5.89 Å². The highest BCUT2D eigenvalue weighted by Crippen LogP contribution is 2.34. The van der Waals surface area contributed by atoms with Gasteiger partial charge in [-0.15, -0.1) is 0 Å². The number of likely N-dealkylation sites (tertiary alicyclic amines) is 1. The first-order chi connectivity index (χ1) is 11.1. The van der Waals surface area contributed by atoms with Crippen molar-refractivity contribution in [2.24, 2.45) is 11.8 Å². The Bertz CT molecular complexity index is 700. The Hall–Kier alpha value is -2.02. The van der Waals surface area contributed by atoms with Crippen LogP contribution in [0.2, 0.25) is 0 Å². The summed E-state index contributed by atoms with van der Waals surface area (Å²) in [6.07, 6.45) is 1.68. The first-order valence-corrected chi connectivity index (χ1v) is 8.15. The minimum absolute atomic E-state index is 0.639. The maximum Gasteiger partial charge on any atom is 0.223 e. The maximum absolute atomic E-state index is 5.06. The summed E-state index contributed by atoms with van der Waals surface area (Å²) in [5.41, 5.74) is 2.27. The summed E-state index contributed by atoms with van der Waals surface area (Å²) in [5.74, 6) is 3.92. The molecule has 0 spiro atoms. The molecule has 7 heteroatoms. The van der Waals surface area contributed by atoms with E-state index < -0.39 is 0 Å². The van der Waals surface area contributed by atoms with Gasteiger partial charge in [-0.2, -0.15) is 4.98 Å². The molecular weight excluding hydrogens is 292 g/mol. The lowest BCUT2D eigenvalue weighted by Gasteiger charge is -2.23. The number of aromatic nitrogens is 4. The Morgan fingerprint density at radius 2 is 1.83 bits per heavy atom. The van der Waals surface area contributed by atoms with Crippen molar-refractivity contribution in [1.82, 2.24) is 25.0 Å². The van der Waals surface area contributed by atoms with Gasteiger partial charge in [-0.1, -0.05) is 5.16 Å². The predicted octanol–water partition coefficient (Wildman–Crippen LogP) is 1.35. The van der Waals surface area contributed by atoms with Crippen molar-refractivity contribution in [1.29, 1.82) is 0 Å². The third-order valence-corrected chi connectivity index (χ3v) is 5.11. The van der Waals surface area contributed by atoms with E-state index in [2.05, 4.69) is 36.8 Å². The van der Waals surface area contributed by atoms with Crippen molar-refractivity contribution >= 4 is 5.82 Å². The van der Waals surface area contributed by atoms with E-state index in [0.717, 1.165) is 50.1 Å². The zero-order valence-corrected chi connectivity index (χ0v) is 13.9. The highest BCUT2D eigenvalue weighted by molar-refractivity contribution is 5.48. The third-order valence-electron chi connectivity index (χ3n) is 5.11. The van der Waals surface area contributed by atoms with Crippen molar-refractivity contribution in [3.63, 3.8) is 0 Å². The van der Waals surface area contributed by atoms with E-state index >= 15 is 0 Å². The Morgan fingerprint density at radius 3 is 2.48 bits per heavy atom. The lowest BCUT2D eigenvalue weighted by atomic mass is 10.0. The topological polar surface area (TPSA) is 71.2 Å². The van der Waals surface area contributed by atoms with Crippen LogP contribution in [0.1, 0.15) is 23.0 Å². The van der Waals surface area contributed by atoms with Crippen molar-refractivity contribution in [2.45, 2.75) is 27.3 Å². The molecule has 4 heterocycles. The smallest absolute Gasteiger partial charge is 0.223 e. The van der Waals surface area contributed by atoms with E-state index in [-0.39, 0.29) is 0 Å². The fourth-order valence-electron chi connectivity index (χ4n) is 3.84. The molecule has 0 saturated carbocycles. The summed E-state index contributed by atoms with van der Waals surface area (Å²) in [5, 5.41) is 4.00. The van der Waals surface area contributed by atoms with Crippen LogP contribution in [0.25, 0.3) is 0 Å². The summed E-state index contributed by atoms with van der Waals surface area (Å²) in [4.78, 5) is 18.0. The van der Waals surface area contributed by atoms with Crippen LogP contribution in [0.5, 0.6) is 0 Å². The summed E-state index contributed by atoms with van der Waals surface area (Å²) >= 11 is 0. The fraction of sp³-hybridized carbons (Fsp3) is 0.625. The van der Waals surface area contributed by atoms with Gasteiger partial charge < -0.3 is 9.42 Å². The summed E-state index contributed by atoms with van der Waals surface area (Å²) in [6.45, 7) is 11.1. The Labute approximate surface area is 135 Å². The van der Waals surface area contributed by atoms with Gasteiger partial charge in [0.15, 0.2) is 5.82 Å². The molecule has 0 bridgehead atoms. The molecule has 2 aromatic rings. The molecule has 0 amide bonds. The predicted molar refractivity (Wildman–Crippen MR) is 85.0 cm³/mol. The first-order valence-electron chi connectivity index (χ1n) is 8.15. The SMILES string of the molecule is Cc1nc(CN2CC3CN(c4ncnc(C)c4C)CC3C2)no1. The molecule has 7 nitrogen and oxygen atoms in total. The minimum atomic E-state index is 0.639. The van der Waals surface area contributed by atoms with Crippen LogP contribution >= 0.6 is 0 Å². The number of nitrogens with zero attached hydrogens (tertiary/aromatic N) is 6. The Kier molecular flexibility index (Phi) is 3.52. The largest absolute Gasteiger partial charge is 0.356 e. The third kappa shape index (κ3) is 2.69. The summed E-state index contributed by atoms with van der Waals surface area (Å²) in [7, 11) is 0. The average molecular weight is 314 g/mol. The number of rotatable bonds is 3. The van der Waals surface area contributed by atoms with E-state index in [9.17, 15) is 0 Å². The zero-order valence-electron chi connectivity index (χ0n) is 13.9. The number of hydrogen-bond acceptors (Lipinski definition) is 7. The van der Waals surface area contributed by atoms with Crippen LogP contribution in [0.3, 0.4) is 0 Å². The Balaban J connectivity index is 1.41. The van der Waals surface area contributed by atoms with Gasteiger partial charge in [0.1, 0.15) is 12.1 Å². The number of fused-ring (bicyclic) bond motifs is 1. The molecule has 0 aromatic carbocycles. The zero-order chi connectivity index (χ0) is 16.0. The molecule has 2 aliphatic heterocycles. The first kappa shape index (κ1) is 14.6. The molecule has 2 fully saturated rings. The summed E-state index contributed by atoms with van der Waals surface area (Å²) in [6, 6.07) is 0. The van der Waals surface area contributed by atoms with Gasteiger partial charge >= 0.3 is 0 Å². The molecule has 2 aromatic heterocycles. The van der Waals surface area contributed by atoms with Crippen LogP contribution in [0, 0.1) is 32.6 Å². The fourth-order valence-corrected chi connectivity index (χ4v) is 3.84. The lowest BCUT2D eigenvalue weighted by Crippen LogP contribution is -2.29. The molecule has 2 unspecified atom stereocenters. The molecule has 2 atom stereocenters. The maximum atomic E-state index is 5.06. The second kappa shape index (κ2) is 5.56. The van der Waals surface area contributed by atoms with Gasteiger partial charge in [0, 0.05) is 44.4 Å². The van der Waals surface area contributed by atoms with Gasteiger partial charge in [-0.3, -0.25) is 4.90 Å². The van der Waals surface area contributed by atoms with Crippen molar-refractivity contribution in [3.8, 4) is 0 Å². The van der Waals surface area contributed by atoms with Crippen LogP contribution < -0.4 is 4.90 Å². The van der Waals surface area contributed by atoms with Crippen LogP contribution in [-0.2, 0) is 6.54 Å². The van der Waals surface area contributed by atoms with Crippen LogP contribution in [0.15, 0.2) is 10.9 Å². The van der Waals surface area contributed by atoms with E-state index in [0.29, 0.717) is 17.7 Å². The molecule has 122 valence electrons. The lowest BCUT2D eigenvalue weighted by molar-refractivity contribution is 0.292. The Morgan fingerprint density at radius 1 is 1.09 bits per heavy atom. The van der Waals surface area contributed by atoms with Gasteiger partial charge in [0.25, 0.3) is 0 Å². The van der Waals surface area contributed by atoms with Crippen molar-refractivity contribution in [2.75, 3.05) is 31.1 Å². The molecular formula is C16H22N6O. The highest BCUT2D eigenvalue weighted by atomic mass is 16.5. The molecule has 23 heavy (non-hydrogen) atoms. The summed E-state index contributed by atoms with van der Waals surface area (Å²) < 4.78 is 5.06. The number of aryl methyl sites for hydroxylation is 2. The standard InChI is InChI=1S/C16H22N6O/c1-10-11(2)17-9-18-16(10)22-6-13-4-21(5-14(13)7-22)8-15-19-12(3)23-20-15/h9,13-14H,4-8H2,1-3H3. The monoisotopic (exact) mass is 314 g/mol. The molecule has 0 radical (unpaired) electrons. The van der Waals surface area contributed by atoms with Crippen molar-refractivity contribution in [3.05, 3.63) is 29.3 Å². The van der Waals surface area contributed by atoms with E-state index in [1.165, 1.54) is 5.56 Å². The normalized spacial score (nSPS) is 24.4. The average Bonchev–Trinajstić information content (AvgIpc) is 3.17. The highest BCUT2D eigenvalue weighted by Gasteiger charge is 2.41. The quantitative estimate of drug-likeness (QED) is 0.847. The second-order valence-electron chi connectivity index (χ2n) is 6.76. The van der Waals surface area contributed by atoms with E-state index in [1.54, 1.807) is 6.33 Å². The van der Waals surface area contributed by atoms with Gasteiger partial charge in [-0.25, -0.2) is 9.97 Å². The minimum Gasteiger partial charge on any atom is -0.356 e. The second-order valence-corrected chi connectivity index (χ2v) is 6.76. The molecule has 0 aliphatic carbocycles. The van der Waals surface area contributed by atoms with E-state index in [4.69, 9.17) is 4.52 Å².